The number of pyridine rings is 1. The lowest BCUT2D eigenvalue weighted by Crippen LogP contribution is -2.48. The zero-order chi connectivity index (χ0) is 25.8. The molecule has 5 heterocycles. The number of fused-ring (bicyclic) bond motifs is 5. The SMILES string of the molecule is COc1cc(CN2CCN(C(=O)c3ccco3)CC2)c2cc3[n+](cc2c1O)CCc1cc2c(cc1-3)OCO2. The Balaban J connectivity index is 1.23. The Morgan fingerprint density at radius 1 is 1.08 bits per heavy atom. The fraction of sp³-hybridized carbons (Fsp3) is 0.310. The summed E-state index contributed by atoms with van der Waals surface area (Å²) in [5.41, 5.74) is 4.49. The molecule has 194 valence electrons. The van der Waals surface area contributed by atoms with Crippen LogP contribution in [0.15, 0.2) is 53.3 Å². The molecule has 1 fully saturated rings. The second-order valence-corrected chi connectivity index (χ2v) is 9.92. The molecular formula is C29H28N3O6+. The van der Waals surface area contributed by atoms with Crippen molar-refractivity contribution in [2.75, 3.05) is 40.1 Å². The highest BCUT2D eigenvalue weighted by atomic mass is 16.7. The van der Waals surface area contributed by atoms with Crippen LogP contribution in [0.3, 0.4) is 0 Å². The monoisotopic (exact) mass is 514 g/mol. The summed E-state index contributed by atoms with van der Waals surface area (Å²) in [7, 11) is 1.58. The molecule has 3 aliphatic rings. The number of benzene rings is 2. The van der Waals surface area contributed by atoms with Crippen LogP contribution in [0.2, 0.25) is 0 Å². The number of methoxy groups -OCH3 is 1. The minimum Gasteiger partial charge on any atom is -0.504 e. The van der Waals surface area contributed by atoms with Gasteiger partial charge in [0.15, 0.2) is 41.5 Å². The molecule has 0 atom stereocenters. The number of amides is 1. The van der Waals surface area contributed by atoms with Gasteiger partial charge in [-0.15, -0.1) is 0 Å². The van der Waals surface area contributed by atoms with Crippen molar-refractivity contribution in [1.29, 1.82) is 0 Å². The number of phenolic OH excluding ortho intramolecular Hbond substituents is 1. The number of rotatable bonds is 4. The predicted molar refractivity (Wildman–Crippen MR) is 138 cm³/mol. The van der Waals surface area contributed by atoms with Gasteiger partial charge in [-0.05, 0) is 41.5 Å². The first-order valence-corrected chi connectivity index (χ1v) is 12.8. The molecule has 0 saturated carbocycles. The molecule has 9 nitrogen and oxygen atoms in total. The van der Waals surface area contributed by atoms with E-state index in [4.69, 9.17) is 18.6 Å². The lowest BCUT2D eigenvalue weighted by Gasteiger charge is -2.34. The van der Waals surface area contributed by atoms with E-state index in [1.54, 1.807) is 19.2 Å². The van der Waals surface area contributed by atoms with Crippen molar-refractivity contribution >= 4 is 16.7 Å². The van der Waals surface area contributed by atoms with Gasteiger partial charge in [0.05, 0.1) is 24.3 Å². The van der Waals surface area contributed by atoms with E-state index in [9.17, 15) is 9.90 Å². The number of carbonyl (C=O) groups excluding carboxylic acids is 1. The van der Waals surface area contributed by atoms with Crippen LogP contribution in [0.25, 0.3) is 22.0 Å². The highest BCUT2D eigenvalue weighted by Crippen LogP contribution is 2.42. The molecule has 1 amide bonds. The van der Waals surface area contributed by atoms with E-state index < -0.39 is 0 Å². The van der Waals surface area contributed by atoms with Crippen molar-refractivity contribution in [2.45, 2.75) is 19.5 Å². The number of aryl methyl sites for hydroxylation is 2. The van der Waals surface area contributed by atoms with Crippen molar-refractivity contribution in [3.63, 3.8) is 0 Å². The van der Waals surface area contributed by atoms with Crippen molar-refractivity contribution in [2.24, 2.45) is 0 Å². The first-order valence-electron chi connectivity index (χ1n) is 12.8. The molecule has 0 bridgehead atoms. The first-order chi connectivity index (χ1) is 18.6. The van der Waals surface area contributed by atoms with E-state index in [-0.39, 0.29) is 18.4 Å². The Bertz CT molecular complexity index is 1560. The standard InChI is InChI=1S/C29H27N3O6/c1-35-27-12-19(15-30-6-8-31(9-7-30)29(34)24-3-2-10-36-24)20-13-23-21-14-26-25(37-17-38-26)11-18(21)4-5-32(23)16-22(20)28(27)33/h2-3,10-14,16H,4-9,15,17H2,1H3/p+1. The number of hydrogen-bond donors (Lipinski definition) is 1. The number of furan rings is 1. The Morgan fingerprint density at radius 2 is 1.89 bits per heavy atom. The van der Waals surface area contributed by atoms with Gasteiger partial charge in [0.25, 0.3) is 5.91 Å². The Kier molecular flexibility index (Phi) is 5.40. The summed E-state index contributed by atoms with van der Waals surface area (Å²) in [6.45, 7) is 4.44. The molecule has 1 N–H and O–H groups in total. The van der Waals surface area contributed by atoms with Gasteiger partial charge in [0.2, 0.25) is 12.5 Å². The average Bonchev–Trinajstić information content (AvgIpc) is 3.65. The van der Waals surface area contributed by atoms with Crippen LogP contribution in [-0.2, 0) is 19.5 Å². The fourth-order valence-electron chi connectivity index (χ4n) is 5.76. The molecule has 2 aromatic heterocycles. The number of aromatic nitrogens is 1. The lowest BCUT2D eigenvalue weighted by molar-refractivity contribution is -0.686. The van der Waals surface area contributed by atoms with Gasteiger partial charge in [0.1, 0.15) is 0 Å². The second kappa shape index (κ2) is 8.95. The van der Waals surface area contributed by atoms with E-state index in [1.807, 2.05) is 17.2 Å². The smallest absolute Gasteiger partial charge is 0.289 e. The number of nitrogens with zero attached hydrogens (tertiary/aromatic N) is 3. The fourth-order valence-corrected chi connectivity index (χ4v) is 5.76. The average molecular weight is 515 g/mol. The topological polar surface area (TPSA) is 88.5 Å². The van der Waals surface area contributed by atoms with E-state index in [1.165, 1.54) is 11.8 Å². The van der Waals surface area contributed by atoms with Crippen LogP contribution in [0.1, 0.15) is 21.7 Å². The van der Waals surface area contributed by atoms with Gasteiger partial charge in [-0.25, -0.2) is 0 Å². The third kappa shape index (κ3) is 3.73. The summed E-state index contributed by atoms with van der Waals surface area (Å²) in [5, 5.41) is 12.8. The van der Waals surface area contributed by atoms with E-state index in [0.717, 1.165) is 65.1 Å². The van der Waals surface area contributed by atoms with Crippen LogP contribution in [0.5, 0.6) is 23.0 Å². The van der Waals surface area contributed by atoms with Gasteiger partial charge in [0, 0.05) is 50.6 Å². The molecule has 7 rings (SSSR count). The maximum absolute atomic E-state index is 12.7. The van der Waals surface area contributed by atoms with Gasteiger partial charge < -0.3 is 28.6 Å². The number of ether oxygens (including phenoxy) is 3. The van der Waals surface area contributed by atoms with Crippen LogP contribution >= 0.6 is 0 Å². The van der Waals surface area contributed by atoms with Crippen molar-refractivity contribution < 1.29 is 33.1 Å². The number of phenols is 1. The molecule has 38 heavy (non-hydrogen) atoms. The maximum Gasteiger partial charge on any atom is 0.289 e. The highest BCUT2D eigenvalue weighted by molar-refractivity contribution is 5.94. The molecule has 0 radical (unpaired) electrons. The summed E-state index contributed by atoms with van der Waals surface area (Å²) in [6.07, 6.45) is 4.42. The largest absolute Gasteiger partial charge is 0.504 e. The van der Waals surface area contributed by atoms with Crippen LogP contribution in [-0.4, -0.2) is 60.9 Å². The van der Waals surface area contributed by atoms with Crippen LogP contribution in [0.4, 0.5) is 0 Å². The molecule has 0 spiro atoms. The Labute approximate surface area is 219 Å². The number of carbonyl (C=O) groups is 1. The first kappa shape index (κ1) is 22.9. The van der Waals surface area contributed by atoms with Crippen molar-refractivity contribution in [1.82, 2.24) is 9.80 Å². The normalized spacial score (nSPS) is 16.4. The Morgan fingerprint density at radius 3 is 2.66 bits per heavy atom. The zero-order valence-corrected chi connectivity index (χ0v) is 21.1. The van der Waals surface area contributed by atoms with Gasteiger partial charge in [-0.3, -0.25) is 9.69 Å². The third-order valence-corrected chi connectivity index (χ3v) is 7.81. The molecule has 9 heteroatoms. The predicted octanol–water partition coefficient (Wildman–Crippen LogP) is 3.34. The molecule has 3 aliphatic heterocycles. The van der Waals surface area contributed by atoms with Crippen molar-refractivity contribution in [3.8, 4) is 34.3 Å². The van der Waals surface area contributed by atoms with Crippen molar-refractivity contribution in [3.05, 3.63) is 65.7 Å². The van der Waals surface area contributed by atoms with E-state index >= 15 is 0 Å². The summed E-state index contributed by atoms with van der Waals surface area (Å²) in [6, 6.07) is 11.7. The summed E-state index contributed by atoms with van der Waals surface area (Å²) >= 11 is 0. The number of hydrogen-bond acceptors (Lipinski definition) is 7. The van der Waals surface area contributed by atoms with Crippen LogP contribution < -0.4 is 18.8 Å². The van der Waals surface area contributed by atoms with E-state index in [2.05, 4.69) is 27.7 Å². The molecule has 1 saturated heterocycles. The molecule has 4 aromatic rings. The molecule has 0 unspecified atom stereocenters. The zero-order valence-electron chi connectivity index (χ0n) is 21.1. The minimum absolute atomic E-state index is 0.0745. The number of aromatic hydroxyl groups is 1. The van der Waals surface area contributed by atoms with Gasteiger partial charge in [-0.2, -0.15) is 4.57 Å². The van der Waals surface area contributed by atoms with E-state index in [0.29, 0.717) is 31.1 Å². The highest BCUT2D eigenvalue weighted by Gasteiger charge is 2.30. The Hall–Kier alpha value is -4.24. The summed E-state index contributed by atoms with van der Waals surface area (Å²) in [4.78, 5) is 16.8. The second-order valence-electron chi connectivity index (χ2n) is 9.92. The lowest BCUT2D eigenvalue weighted by atomic mass is 9.94. The molecule has 0 aliphatic carbocycles. The molecular weight excluding hydrogens is 486 g/mol. The quantitative estimate of drug-likeness (QED) is 0.418. The molecule has 2 aromatic carbocycles. The third-order valence-electron chi connectivity index (χ3n) is 7.81. The number of piperazine rings is 1. The maximum atomic E-state index is 12.7. The summed E-state index contributed by atoms with van der Waals surface area (Å²) < 4.78 is 24.3. The summed E-state index contributed by atoms with van der Waals surface area (Å²) in [5.74, 6) is 2.46. The minimum atomic E-state index is -0.0745. The van der Waals surface area contributed by atoms with Gasteiger partial charge in [-0.1, -0.05) is 0 Å². The van der Waals surface area contributed by atoms with Gasteiger partial charge >= 0.3 is 0 Å². The van der Waals surface area contributed by atoms with Crippen LogP contribution in [0, 0.1) is 0 Å².